The van der Waals surface area contributed by atoms with Crippen molar-refractivity contribution in [2.75, 3.05) is 39.8 Å². The van der Waals surface area contributed by atoms with Gasteiger partial charge >= 0.3 is 18.0 Å². The van der Waals surface area contributed by atoms with Crippen LogP contribution in [0.25, 0.3) is 0 Å². The maximum Gasteiger partial charge on any atom is 0.410 e. The summed E-state index contributed by atoms with van der Waals surface area (Å²) in [6.07, 6.45) is -0.337. The van der Waals surface area contributed by atoms with E-state index in [0.717, 1.165) is 4.91 Å². The number of likely N-dealkylation sites (N-methyl/N-ethyl adjacent to an activating group) is 1. The molecule has 5 atom stereocenters. The van der Waals surface area contributed by atoms with Crippen molar-refractivity contribution in [3.8, 4) is 0 Å². The lowest BCUT2D eigenvalue weighted by Crippen LogP contribution is -2.59. The van der Waals surface area contributed by atoms with E-state index >= 15 is 0 Å². The Hall–Kier alpha value is -3.54. The maximum absolute atomic E-state index is 13.6. The van der Waals surface area contributed by atoms with Crippen LogP contribution in [0.4, 0.5) is 10.5 Å². The second-order valence-electron chi connectivity index (χ2n) is 9.53. The van der Waals surface area contributed by atoms with E-state index < -0.39 is 24.1 Å². The largest absolute Gasteiger partial charge is 0.465 e. The van der Waals surface area contributed by atoms with Crippen molar-refractivity contribution in [1.82, 2.24) is 9.80 Å². The minimum absolute atomic E-state index is 0.0909. The summed E-state index contributed by atoms with van der Waals surface area (Å²) >= 11 is 1.40. The van der Waals surface area contributed by atoms with E-state index in [9.17, 15) is 24.0 Å². The smallest absolute Gasteiger partial charge is 0.410 e. The molecule has 3 aliphatic heterocycles. The van der Waals surface area contributed by atoms with Crippen LogP contribution in [0.2, 0.25) is 0 Å². The molecule has 218 valence electrons. The molecule has 11 nitrogen and oxygen atoms in total. The van der Waals surface area contributed by atoms with Crippen molar-refractivity contribution < 1.29 is 38.2 Å². The van der Waals surface area contributed by atoms with Crippen LogP contribution in [0.5, 0.6) is 0 Å². The third-order valence-corrected chi connectivity index (χ3v) is 8.95. The second kappa shape index (κ2) is 12.8. The number of hydrogen-bond donors (Lipinski definition) is 0. The Kier molecular flexibility index (Phi) is 9.88. The van der Waals surface area contributed by atoms with Gasteiger partial charge in [0.25, 0.3) is 0 Å². The molecule has 2 fully saturated rings. The normalized spacial score (nSPS) is 24.9. The number of methoxy groups -OCH3 is 3. The number of esters is 2. The molecule has 4 rings (SSSR count). The fourth-order valence-corrected chi connectivity index (χ4v) is 6.96. The number of anilines is 1. The Labute approximate surface area is 238 Å². The molecule has 3 amide bonds. The molecular formula is C28H37N3O8S. The summed E-state index contributed by atoms with van der Waals surface area (Å²) in [5, 5.41) is -0.237. The zero-order valence-electron chi connectivity index (χ0n) is 24.1. The molecular weight excluding hydrogens is 538 g/mol. The number of thioether (sulfide) groups is 1. The molecule has 0 radical (unpaired) electrons. The van der Waals surface area contributed by atoms with Crippen LogP contribution >= 0.6 is 11.8 Å². The number of likely N-dealkylation sites (tertiary alicyclic amines) is 1. The highest BCUT2D eigenvalue weighted by molar-refractivity contribution is 8.03. The average molecular weight is 576 g/mol. The van der Waals surface area contributed by atoms with Gasteiger partial charge in [-0.3, -0.25) is 14.5 Å². The van der Waals surface area contributed by atoms with Gasteiger partial charge in [-0.1, -0.05) is 33.8 Å². The maximum atomic E-state index is 13.6. The lowest BCUT2D eigenvalue weighted by molar-refractivity contribution is -0.156. The van der Waals surface area contributed by atoms with E-state index in [1.807, 2.05) is 27.7 Å². The summed E-state index contributed by atoms with van der Waals surface area (Å²) in [5.74, 6) is -1.88. The van der Waals surface area contributed by atoms with Crippen molar-refractivity contribution >= 4 is 47.3 Å². The third-order valence-electron chi connectivity index (χ3n) is 7.45. The predicted molar refractivity (Wildman–Crippen MR) is 149 cm³/mol. The average Bonchev–Trinajstić information content (AvgIpc) is 3.53. The zero-order chi connectivity index (χ0) is 29.9. The highest BCUT2D eigenvalue weighted by atomic mass is 32.2. The summed E-state index contributed by atoms with van der Waals surface area (Å²) in [4.78, 5) is 68.4. The molecule has 2 saturated heterocycles. The molecule has 0 aromatic heterocycles. The number of carbonyl (C=O) groups is 5. The van der Waals surface area contributed by atoms with Crippen LogP contribution in [-0.4, -0.2) is 91.9 Å². The summed E-state index contributed by atoms with van der Waals surface area (Å²) in [6.45, 7) is 8.02. The Morgan fingerprint density at radius 1 is 0.975 bits per heavy atom. The third kappa shape index (κ3) is 5.41. The SMILES string of the molecule is CC.COC(=O)C1=C(SC2CC(C(=O)N(C)c3cccc(C(=O)OC)c3)N(C(=O)OC)C2)C(C)C2C(C)C(=O)N12. The summed E-state index contributed by atoms with van der Waals surface area (Å²) in [6, 6.07) is 5.50. The first-order chi connectivity index (χ1) is 19.0. The quantitative estimate of drug-likeness (QED) is 0.286. The number of carbonyl (C=O) groups excluding carboxylic acids is 5. The fraction of sp³-hybridized carbons (Fsp3) is 0.536. The van der Waals surface area contributed by atoms with Crippen LogP contribution in [-0.2, 0) is 28.6 Å². The topological polar surface area (TPSA) is 123 Å². The van der Waals surface area contributed by atoms with Crippen LogP contribution in [0.3, 0.4) is 0 Å². The first-order valence-electron chi connectivity index (χ1n) is 13.2. The van der Waals surface area contributed by atoms with Crippen molar-refractivity contribution in [3.63, 3.8) is 0 Å². The van der Waals surface area contributed by atoms with E-state index in [1.165, 1.54) is 47.8 Å². The van der Waals surface area contributed by atoms with Gasteiger partial charge in [0.1, 0.15) is 11.7 Å². The van der Waals surface area contributed by atoms with E-state index in [2.05, 4.69) is 0 Å². The Morgan fingerprint density at radius 2 is 1.62 bits per heavy atom. The first-order valence-corrected chi connectivity index (χ1v) is 14.1. The van der Waals surface area contributed by atoms with Crippen LogP contribution in [0.1, 0.15) is 44.5 Å². The number of fused-ring (bicyclic) bond motifs is 1. The number of ether oxygens (including phenoxy) is 3. The number of hydrogen-bond acceptors (Lipinski definition) is 9. The molecule has 40 heavy (non-hydrogen) atoms. The number of β-lactam (4-membered cyclic amide) rings is 1. The monoisotopic (exact) mass is 575 g/mol. The molecule has 0 N–H and O–H groups in total. The summed E-state index contributed by atoms with van der Waals surface area (Å²) < 4.78 is 14.7. The van der Waals surface area contributed by atoms with Crippen LogP contribution in [0.15, 0.2) is 34.9 Å². The molecule has 1 aromatic carbocycles. The number of amides is 3. The molecule has 3 heterocycles. The van der Waals surface area contributed by atoms with Gasteiger partial charge in [0.05, 0.1) is 38.9 Å². The van der Waals surface area contributed by atoms with Gasteiger partial charge in [-0.05, 0) is 24.6 Å². The minimum atomic E-state index is -0.830. The number of rotatable bonds is 6. The molecule has 0 saturated carbocycles. The van der Waals surface area contributed by atoms with E-state index in [4.69, 9.17) is 14.2 Å². The van der Waals surface area contributed by atoms with E-state index in [-0.39, 0.29) is 47.2 Å². The lowest BCUT2D eigenvalue weighted by Gasteiger charge is -2.43. The molecule has 0 aliphatic carbocycles. The Bertz CT molecular complexity index is 1220. The standard InChI is InChI=1S/C26H31N3O8S.C2H6/c1-13-19-14(2)22(30)29(19)20(25(33)36-5)21(13)38-17-11-18(28(12-17)26(34)37-6)23(31)27(3)16-9-7-8-15(10-16)24(32)35-4;1-2/h7-10,13-14,17-19H,11-12H2,1-6H3;1-2H3. The lowest BCUT2D eigenvalue weighted by atomic mass is 9.84. The fourth-order valence-electron chi connectivity index (χ4n) is 5.44. The van der Waals surface area contributed by atoms with Gasteiger partial charge in [-0.2, -0.15) is 0 Å². The highest BCUT2D eigenvalue weighted by Gasteiger charge is 2.57. The van der Waals surface area contributed by atoms with Gasteiger partial charge in [-0.25, -0.2) is 14.4 Å². The van der Waals surface area contributed by atoms with Crippen LogP contribution < -0.4 is 4.90 Å². The molecule has 1 aromatic rings. The second-order valence-corrected chi connectivity index (χ2v) is 10.9. The van der Waals surface area contributed by atoms with Gasteiger partial charge in [0, 0.05) is 35.4 Å². The molecule has 3 aliphatic rings. The summed E-state index contributed by atoms with van der Waals surface area (Å²) in [5.41, 5.74) is 1.00. The van der Waals surface area contributed by atoms with Crippen molar-refractivity contribution in [3.05, 3.63) is 40.4 Å². The minimum Gasteiger partial charge on any atom is -0.465 e. The van der Waals surface area contributed by atoms with Gasteiger partial charge in [-0.15, -0.1) is 11.8 Å². The zero-order valence-corrected chi connectivity index (χ0v) is 24.9. The molecule has 0 bridgehead atoms. The predicted octanol–water partition coefficient (Wildman–Crippen LogP) is 3.29. The van der Waals surface area contributed by atoms with Crippen molar-refractivity contribution in [1.29, 1.82) is 0 Å². The van der Waals surface area contributed by atoms with Crippen molar-refractivity contribution in [2.24, 2.45) is 11.8 Å². The number of nitrogens with zero attached hydrogens (tertiary/aromatic N) is 3. The molecule has 5 unspecified atom stereocenters. The van der Waals surface area contributed by atoms with E-state index in [1.54, 1.807) is 31.3 Å². The Balaban J connectivity index is 0.00000216. The van der Waals surface area contributed by atoms with Gasteiger partial charge in [0.2, 0.25) is 11.8 Å². The molecule has 12 heteroatoms. The Morgan fingerprint density at radius 3 is 2.23 bits per heavy atom. The highest BCUT2D eigenvalue weighted by Crippen LogP contribution is 2.51. The molecule has 0 spiro atoms. The van der Waals surface area contributed by atoms with E-state index in [0.29, 0.717) is 17.7 Å². The van der Waals surface area contributed by atoms with Crippen molar-refractivity contribution in [2.45, 2.75) is 51.4 Å². The van der Waals surface area contributed by atoms with Gasteiger partial charge < -0.3 is 24.0 Å². The summed E-state index contributed by atoms with van der Waals surface area (Å²) in [7, 11) is 5.38. The van der Waals surface area contributed by atoms with Crippen LogP contribution in [0, 0.1) is 11.8 Å². The first kappa shape index (κ1) is 31.0. The number of benzene rings is 1. The van der Waals surface area contributed by atoms with Gasteiger partial charge in [0.15, 0.2) is 0 Å².